The summed E-state index contributed by atoms with van der Waals surface area (Å²) in [6.45, 7) is 12.8. The maximum Gasteiger partial charge on any atom is 0.191 e. The number of morpholine rings is 1. The third kappa shape index (κ3) is 8.11. The monoisotopic (exact) mass is 544 g/mol. The summed E-state index contributed by atoms with van der Waals surface area (Å²) in [7, 11) is 0. The second kappa shape index (κ2) is 12.5. The van der Waals surface area contributed by atoms with E-state index in [-0.39, 0.29) is 24.0 Å². The lowest BCUT2D eigenvalue weighted by Crippen LogP contribution is -2.52. The highest BCUT2D eigenvalue weighted by molar-refractivity contribution is 14.0. The standard InChI is InChI=1S/C17H29BrN4OS.HI/c1-4-19-17(20-10-15-9-14(18)12-24-15)21-11-16(13(2)3)22-5-7-23-8-6-22;/h9,12-13,16H,4-8,10-11H2,1-3H3,(H2,19,20,21);1H. The first-order valence-electron chi connectivity index (χ1n) is 8.67. The third-order valence-corrected chi connectivity index (χ3v) is 5.80. The van der Waals surface area contributed by atoms with Crippen LogP contribution in [0.25, 0.3) is 0 Å². The van der Waals surface area contributed by atoms with Crippen molar-refractivity contribution in [3.05, 3.63) is 20.8 Å². The summed E-state index contributed by atoms with van der Waals surface area (Å²) in [5.41, 5.74) is 0. The molecule has 25 heavy (non-hydrogen) atoms. The smallest absolute Gasteiger partial charge is 0.191 e. The van der Waals surface area contributed by atoms with Crippen LogP contribution in [0.1, 0.15) is 25.6 Å². The van der Waals surface area contributed by atoms with Crippen molar-refractivity contribution in [1.82, 2.24) is 15.5 Å². The van der Waals surface area contributed by atoms with E-state index in [1.807, 2.05) is 0 Å². The van der Waals surface area contributed by atoms with E-state index in [1.165, 1.54) is 4.88 Å². The SMILES string of the molecule is CCNC(=NCc1cc(Br)cs1)NCC(C(C)C)N1CCOCC1.I. The zero-order chi connectivity index (χ0) is 17.4. The summed E-state index contributed by atoms with van der Waals surface area (Å²) in [4.78, 5) is 8.50. The molecule has 0 aromatic carbocycles. The first-order valence-corrected chi connectivity index (χ1v) is 10.3. The number of halogens is 2. The molecule has 144 valence electrons. The van der Waals surface area contributed by atoms with Gasteiger partial charge in [-0.1, -0.05) is 13.8 Å². The third-order valence-electron chi connectivity index (χ3n) is 4.12. The summed E-state index contributed by atoms with van der Waals surface area (Å²) < 4.78 is 6.61. The van der Waals surface area contributed by atoms with Crippen LogP contribution < -0.4 is 10.6 Å². The van der Waals surface area contributed by atoms with Crippen LogP contribution in [0.2, 0.25) is 0 Å². The van der Waals surface area contributed by atoms with Gasteiger partial charge in [-0.05, 0) is 34.8 Å². The molecule has 1 aliphatic heterocycles. The van der Waals surface area contributed by atoms with Gasteiger partial charge in [-0.3, -0.25) is 4.90 Å². The van der Waals surface area contributed by atoms with Gasteiger partial charge < -0.3 is 15.4 Å². The van der Waals surface area contributed by atoms with Crippen LogP contribution in [0.4, 0.5) is 0 Å². The van der Waals surface area contributed by atoms with Gasteiger partial charge in [0, 0.05) is 47.0 Å². The van der Waals surface area contributed by atoms with Crippen molar-refractivity contribution in [3.63, 3.8) is 0 Å². The van der Waals surface area contributed by atoms with Gasteiger partial charge in [0.05, 0.1) is 19.8 Å². The van der Waals surface area contributed by atoms with E-state index < -0.39 is 0 Å². The molecular weight excluding hydrogens is 515 g/mol. The molecule has 2 N–H and O–H groups in total. The Morgan fingerprint density at radius 3 is 2.64 bits per heavy atom. The van der Waals surface area contributed by atoms with Crippen molar-refractivity contribution in [2.75, 3.05) is 39.4 Å². The largest absolute Gasteiger partial charge is 0.379 e. The topological polar surface area (TPSA) is 48.9 Å². The Kier molecular flexibility index (Phi) is 11.6. The second-order valence-corrected chi connectivity index (χ2v) is 8.18. The number of thiophene rings is 1. The van der Waals surface area contributed by atoms with Gasteiger partial charge in [0.2, 0.25) is 0 Å². The van der Waals surface area contributed by atoms with E-state index in [0.29, 0.717) is 18.5 Å². The van der Waals surface area contributed by atoms with Crippen LogP contribution in [0.15, 0.2) is 20.9 Å². The van der Waals surface area contributed by atoms with Gasteiger partial charge in [-0.15, -0.1) is 35.3 Å². The Labute approximate surface area is 181 Å². The lowest BCUT2D eigenvalue weighted by atomic mass is 10.0. The molecule has 2 rings (SSSR count). The number of guanidine groups is 1. The highest BCUT2D eigenvalue weighted by Crippen LogP contribution is 2.20. The molecule has 0 saturated carbocycles. The summed E-state index contributed by atoms with van der Waals surface area (Å²) in [5.74, 6) is 1.48. The van der Waals surface area contributed by atoms with E-state index in [1.54, 1.807) is 11.3 Å². The second-order valence-electron chi connectivity index (χ2n) is 6.27. The van der Waals surface area contributed by atoms with Gasteiger partial charge in [-0.25, -0.2) is 4.99 Å². The maximum atomic E-state index is 5.48. The van der Waals surface area contributed by atoms with Crippen molar-refractivity contribution in [1.29, 1.82) is 0 Å². The van der Waals surface area contributed by atoms with E-state index >= 15 is 0 Å². The minimum Gasteiger partial charge on any atom is -0.379 e. The highest BCUT2D eigenvalue weighted by Gasteiger charge is 2.23. The number of ether oxygens (including phenoxy) is 1. The van der Waals surface area contributed by atoms with Crippen LogP contribution in [-0.2, 0) is 11.3 Å². The molecule has 0 amide bonds. The van der Waals surface area contributed by atoms with Gasteiger partial charge in [0.25, 0.3) is 0 Å². The molecule has 1 fully saturated rings. The minimum absolute atomic E-state index is 0. The molecule has 0 aliphatic carbocycles. The predicted octanol–water partition coefficient (Wildman–Crippen LogP) is 3.54. The molecule has 1 aromatic rings. The van der Waals surface area contributed by atoms with Gasteiger partial charge in [-0.2, -0.15) is 0 Å². The van der Waals surface area contributed by atoms with Gasteiger partial charge in [0.1, 0.15) is 0 Å². The fourth-order valence-electron chi connectivity index (χ4n) is 2.83. The lowest BCUT2D eigenvalue weighted by Gasteiger charge is -2.37. The Bertz CT molecular complexity index is 521. The molecule has 0 radical (unpaired) electrons. The van der Waals surface area contributed by atoms with Crippen molar-refractivity contribution in [3.8, 4) is 0 Å². The van der Waals surface area contributed by atoms with E-state index in [2.05, 4.69) is 63.7 Å². The van der Waals surface area contributed by atoms with Gasteiger partial charge >= 0.3 is 0 Å². The molecule has 0 spiro atoms. The van der Waals surface area contributed by atoms with Crippen molar-refractivity contribution >= 4 is 57.2 Å². The molecule has 1 saturated heterocycles. The Hall–Kier alpha value is 0.1000. The first kappa shape index (κ1) is 23.1. The Morgan fingerprint density at radius 1 is 1.36 bits per heavy atom. The fourth-order valence-corrected chi connectivity index (χ4v) is 4.21. The van der Waals surface area contributed by atoms with E-state index in [0.717, 1.165) is 49.8 Å². The molecule has 1 atom stereocenters. The van der Waals surface area contributed by atoms with Crippen LogP contribution in [0, 0.1) is 5.92 Å². The molecular formula is C17H30BrIN4OS. The molecule has 8 heteroatoms. The summed E-state index contributed by atoms with van der Waals surface area (Å²) >= 11 is 5.22. The number of nitrogens with one attached hydrogen (secondary N) is 2. The van der Waals surface area contributed by atoms with E-state index in [9.17, 15) is 0 Å². The van der Waals surface area contributed by atoms with Gasteiger partial charge in [0.15, 0.2) is 5.96 Å². The summed E-state index contributed by atoms with van der Waals surface area (Å²) in [6.07, 6.45) is 0. The van der Waals surface area contributed by atoms with Crippen molar-refractivity contribution in [2.24, 2.45) is 10.9 Å². The average Bonchev–Trinajstić information content (AvgIpc) is 2.99. The van der Waals surface area contributed by atoms with E-state index in [4.69, 9.17) is 9.73 Å². The Balaban J connectivity index is 0.00000312. The zero-order valence-electron chi connectivity index (χ0n) is 15.3. The predicted molar refractivity (Wildman–Crippen MR) is 121 cm³/mol. The number of hydrogen-bond donors (Lipinski definition) is 2. The quantitative estimate of drug-likeness (QED) is 0.313. The number of nitrogens with zero attached hydrogens (tertiary/aromatic N) is 2. The molecule has 5 nitrogen and oxygen atoms in total. The zero-order valence-corrected chi connectivity index (χ0v) is 20.0. The first-order chi connectivity index (χ1) is 11.6. The number of rotatable bonds is 7. The normalized spacial score (nSPS) is 17.2. The molecule has 0 bridgehead atoms. The average molecular weight is 545 g/mol. The van der Waals surface area contributed by atoms with Crippen LogP contribution in [0.3, 0.4) is 0 Å². The Morgan fingerprint density at radius 2 is 2.08 bits per heavy atom. The molecule has 1 aromatic heterocycles. The number of aliphatic imine (C=N–C) groups is 1. The highest BCUT2D eigenvalue weighted by atomic mass is 127. The number of hydrogen-bond acceptors (Lipinski definition) is 4. The summed E-state index contributed by atoms with van der Waals surface area (Å²) in [6, 6.07) is 2.62. The van der Waals surface area contributed by atoms with Crippen LogP contribution >= 0.6 is 51.2 Å². The molecule has 1 aliphatic rings. The molecule has 1 unspecified atom stereocenters. The summed E-state index contributed by atoms with van der Waals surface area (Å²) in [5, 5.41) is 8.97. The van der Waals surface area contributed by atoms with Crippen LogP contribution in [0.5, 0.6) is 0 Å². The van der Waals surface area contributed by atoms with Crippen molar-refractivity contribution < 1.29 is 4.74 Å². The van der Waals surface area contributed by atoms with Crippen molar-refractivity contribution in [2.45, 2.75) is 33.4 Å². The lowest BCUT2D eigenvalue weighted by molar-refractivity contribution is 0.00752. The maximum absolute atomic E-state index is 5.48. The van der Waals surface area contributed by atoms with Crippen LogP contribution in [-0.4, -0.2) is 56.3 Å². The molecule has 2 heterocycles. The minimum atomic E-state index is 0. The fraction of sp³-hybridized carbons (Fsp3) is 0.706.